The van der Waals surface area contributed by atoms with Gasteiger partial charge in [0.2, 0.25) is 0 Å². The monoisotopic (exact) mass is 450 g/mol. The Morgan fingerprint density at radius 1 is 0.939 bits per heavy atom. The van der Waals surface area contributed by atoms with Crippen molar-refractivity contribution >= 4 is 23.1 Å². The van der Waals surface area contributed by atoms with Gasteiger partial charge in [-0.15, -0.1) is 0 Å². The van der Waals surface area contributed by atoms with Gasteiger partial charge in [0, 0.05) is 18.7 Å². The zero-order valence-electron chi connectivity index (χ0n) is 19.5. The van der Waals surface area contributed by atoms with Crippen LogP contribution in [-0.2, 0) is 14.3 Å². The molecule has 2 heterocycles. The second-order valence-electron chi connectivity index (χ2n) is 8.35. The van der Waals surface area contributed by atoms with E-state index >= 15 is 0 Å². The molecule has 174 valence electrons. The van der Waals surface area contributed by atoms with Crippen molar-refractivity contribution in [1.82, 2.24) is 4.90 Å². The molecule has 0 aromatic heterocycles. The van der Waals surface area contributed by atoms with E-state index in [1.54, 1.807) is 31.4 Å². The summed E-state index contributed by atoms with van der Waals surface area (Å²) < 4.78 is 17.3. The number of carbonyl (C=O) groups is 2. The van der Waals surface area contributed by atoms with Crippen LogP contribution in [0.15, 0.2) is 54.2 Å². The molecule has 0 aliphatic carbocycles. The van der Waals surface area contributed by atoms with Crippen molar-refractivity contribution in [2.45, 2.75) is 39.4 Å². The van der Waals surface area contributed by atoms with Crippen LogP contribution in [0.2, 0.25) is 0 Å². The number of ether oxygens (including phenoxy) is 3. The first-order chi connectivity index (χ1) is 16.0. The first-order valence-corrected chi connectivity index (χ1v) is 11.3. The number of benzene rings is 2. The third-order valence-electron chi connectivity index (χ3n) is 5.74. The zero-order valence-corrected chi connectivity index (χ0v) is 19.5. The standard InChI is InChI=1S/C26H30N2O5/c1-5-14-32-22-13-9-7-11-20(22)28-25(29)23(19-10-6-8-12-21(19)31-4)24(26(28)30)27-15-17(2)33-18(3)16-27/h6-13,17-18H,5,14-16H2,1-4H3. The summed E-state index contributed by atoms with van der Waals surface area (Å²) in [7, 11) is 1.56. The van der Waals surface area contributed by atoms with E-state index in [4.69, 9.17) is 14.2 Å². The van der Waals surface area contributed by atoms with Crippen molar-refractivity contribution in [3.05, 3.63) is 59.8 Å². The van der Waals surface area contributed by atoms with Crippen LogP contribution in [0.3, 0.4) is 0 Å². The molecule has 0 bridgehead atoms. The number of imide groups is 1. The molecule has 0 radical (unpaired) electrons. The van der Waals surface area contributed by atoms with Gasteiger partial charge in [0.1, 0.15) is 17.2 Å². The summed E-state index contributed by atoms with van der Waals surface area (Å²) in [4.78, 5) is 31.0. The summed E-state index contributed by atoms with van der Waals surface area (Å²) in [6.07, 6.45) is 0.671. The van der Waals surface area contributed by atoms with E-state index < -0.39 is 0 Å². The number of morpholine rings is 1. The van der Waals surface area contributed by atoms with Gasteiger partial charge >= 0.3 is 0 Å². The summed E-state index contributed by atoms with van der Waals surface area (Å²) in [6, 6.07) is 14.5. The number of rotatable bonds is 7. The molecule has 2 aromatic rings. The summed E-state index contributed by atoms with van der Waals surface area (Å²) in [5, 5.41) is 0. The van der Waals surface area contributed by atoms with Gasteiger partial charge in [-0.3, -0.25) is 9.59 Å². The van der Waals surface area contributed by atoms with Gasteiger partial charge in [-0.1, -0.05) is 37.3 Å². The first-order valence-electron chi connectivity index (χ1n) is 11.3. The highest BCUT2D eigenvalue weighted by Gasteiger charge is 2.45. The van der Waals surface area contributed by atoms with E-state index in [0.29, 0.717) is 53.7 Å². The highest BCUT2D eigenvalue weighted by Crippen LogP contribution is 2.41. The Morgan fingerprint density at radius 3 is 2.24 bits per heavy atom. The topological polar surface area (TPSA) is 68.3 Å². The van der Waals surface area contributed by atoms with Crippen LogP contribution in [0.25, 0.3) is 5.57 Å². The van der Waals surface area contributed by atoms with Crippen molar-refractivity contribution in [3.63, 3.8) is 0 Å². The zero-order chi connectivity index (χ0) is 23.5. The van der Waals surface area contributed by atoms with Crippen LogP contribution in [0.5, 0.6) is 11.5 Å². The van der Waals surface area contributed by atoms with Crippen molar-refractivity contribution in [2.75, 3.05) is 31.7 Å². The average Bonchev–Trinajstić information content (AvgIpc) is 3.06. The largest absolute Gasteiger partial charge is 0.496 e. The molecule has 33 heavy (non-hydrogen) atoms. The molecule has 0 spiro atoms. The Kier molecular flexibility index (Phi) is 6.70. The molecule has 2 atom stereocenters. The lowest BCUT2D eigenvalue weighted by Crippen LogP contribution is -2.47. The maximum absolute atomic E-state index is 13.9. The Hall–Kier alpha value is -3.32. The normalized spacial score (nSPS) is 21.1. The molecule has 2 aromatic carbocycles. The van der Waals surface area contributed by atoms with Gasteiger partial charge in [-0.2, -0.15) is 0 Å². The van der Waals surface area contributed by atoms with Crippen LogP contribution in [0.4, 0.5) is 5.69 Å². The van der Waals surface area contributed by atoms with Gasteiger partial charge in [-0.25, -0.2) is 4.90 Å². The number of nitrogens with zero attached hydrogens (tertiary/aromatic N) is 2. The number of hydrogen-bond acceptors (Lipinski definition) is 6. The lowest BCUT2D eigenvalue weighted by Gasteiger charge is -2.37. The minimum Gasteiger partial charge on any atom is -0.496 e. The molecule has 7 heteroatoms. The smallest absolute Gasteiger partial charge is 0.282 e. The van der Waals surface area contributed by atoms with Gasteiger partial charge in [0.15, 0.2) is 0 Å². The molecule has 7 nitrogen and oxygen atoms in total. The molecule has 0 saturated carbocycles. The number of hydrogen-bond donors (Lipinski definition) is 0. The maximum atomic E-state index is 13.9. The fourth-order valence-electron chi connectivity index (χ4n) is 4.46. The van der Waals surface area contributed by atoms with Crippen molar-refractivity contribution < 1.29 is 23.8 Å². The summed E-state index contributed by atoms with van der Waals surface area (Å²) in [5.74, 6) is 0.289. The number of para-hydroxylation sites is 3. The van der Waals surface area contributed by atoms with Crippen molar-refractivity contribution in [3.8, 4) is 11.5 Å². The van der Waals surface area contributed by atoms with E-state index in [-0.39, 0.29) is 24.0 Å². The molecule has 2 amide bonds. The quantitative estimate of drug-likeness (QED) is 0.597. The SMILES string of the molecule is CCCOc1ccccc1N1C(=O)C(c2ccccc2OC)=C(N2CC(C)OC(C)C2)C1=O. The van der Waals surface area contributed by atoms with E-state index in [9.17, 15) is 9.59 Å². The Morgan fingerprint density at radius 2 is 1.58 bits per heavy atom. The second kappa shape index (κ2) is 9.67. The Labute approximate surface area is 194 Å². The minimum absolute atomic E-state index is 0.0719. The second-order valence-corrected chi connectivity index (χ2v) is 8.35. The van der Waals surface area contributed by atoms with E-state index in [0.717, 1.165) is 6.42 Å². The third-order valence-corrected chi connectivity index (χ3v) is 5.74. The van der Waals surface area contributed by atoms with Gasteiger partial charge in [-0.05, 0) is 38.5 Å². The highest BCUT2D eigenvalue weighted by atomic mass is 16.5. The predicted octanol–water partition coefficient (Wildman–Crippen LogP) is 3.88. The van der Waals surface area contributed by atoms with E-state index in [2.05, 4.69) is 0 Å². The van der Waals surface area contributed by atoms with Crippen molar-refractivity contribution in [1.29, 1.82) is 0 Å². The van der Waals surface area contributed by atoms with Gasteiger partial charge < -0.3 is 19.1 Å². The Balaban J connectivity index is 1.86. The molecule has 2 aliphatic rings. The summed E-state index contributed by atoms with van der Waals surface area (Å²) in [6.45, 7) is 7.47. The van der Waals surface area contributed by atoms with Crippen LogP contribution in [-0.4, -0.2) is 55.7 Å². The van der Waals surface area contributed by atoms with Crippen molar-refractivity contribution in [2.24, 2.45) is 0 Å². The number of methoxy groups -OCH3 is 1. The number of amides is 2. The Bertz CT molecular complexity index is 1070. The summed E-state index contributed by atoms with van der Waals surface area (Å²) in [5.41, 5.74) is 1.74. The lowest BCUT2D eigenvalue weighted by atomic mass is 10.0. The lowest BCUT2D eigenvalue weighted by molar-refractivity contribution is -0.121. The molecule has 0 N–H and O–H groups in total. The van der Waals surface area contributed by atoms with Gasteiger partial charge in [0.05, 0.1) is 37.2 Å². The van der Waals surface area contributed by atoms with E-state index in [1.807, 2.05) is 49.9 Å². The predicted molar refractivity (Wildman–Crippen MR) is 126 cm³/mol. The molecular weight excluding hydrogens is 420 g/mol. The fraction of sp³-hybridized carbons (Fsp3) is 0.385. The molecule has 1 fully saturated rings. The van der Waals surface area contributed by atoms with Crippen LogP contribution in [0, 0.1) is 0 Å². The maximum Gasteiger partial charge on any atom is 0.282 e. The minimum atomic E-state index is -0.390. The van der Waals surface area contributed by atoms with Crippen LogP contribution >= 0.6 is 0 Å². The molecule has 4 rings (SSSR count). The van der Waals surface area contributed by atoms with Crippen LogP contribution < -0.4 is 14.4 Å². The van der Waals surface area contributed by atoms with Gasteiger partial charge in [0.25, 0.3) is 11.8 Å². The fourth-order valence-corrected chi connectivity index (χ4v) is 4.46. The third kappa shape index (κ3) is 4.33. The molecular formula is C26H30N2O5. The van der Waals surface area contributed by atoms with Crippen LogP contribution in [0.1, 0.15) is 32.8 Å². The van der Waals surface area contributed by atoms with E-state index in [1.165, 1.54) is 4.90 Å². The number of carbonyl (C=O) groups excluding carboxylic acids is 2. The number of anilines is 1. The first kappa shape index (κ1) is 22.9. The summed E-state index contributed by atoms with van der Waals surface area (Å²) >= 11 is 0. The molecule has 1 saturated heterocycles. The molecule has 2 unspecified atom stereocenters. The highest BCUT2D eigenvalue weighted by molar-refractivity contribution is 6.46. The molecule has 2 aliphatic heterocycles. The average molecular weight is 451 g/mol.